The van der Waals surface area contributed by atoms with Crippen LogP contribution >= 0.6 is 24.0 Å². The Morgan fingerprint density at radius 3 is 2.36 bits per heavy atom. The molecule has 2 atom stereocenters. The van der Waals surface area contributed by atoms with Gasteiger partial charge in [0.1, 0.15) is 0 Å². The Hall–Kier alpha value is -0.570. The van der Waals surface area contributed by atoms with Gasteiger partial charge >= 0.3 is 0 Å². The van der Waals surface area contributed by atoms with E-state index in [2.05, 4.69) is 41.7 Å². The highest BCUT2D eigenvalue weighted by Gasteiger charge is 2.11. The fraction of sp³-hybridized carbons (Fsp3) is 0.889. The summed E-state index contributed by atoms with van der Waals surface area (Å²) in [4.78, 5) is 16.4. The van der Waals surface area contributed by atoms with E-state index in [4.69, 9.17) is 0 Å². The molecule has 6 nitrogen and oxygen atoms in total. The fourth-order valence-electron chi connectivity index (χ4n) is 2.44. The summed E-state index contributed by atoms with van der Waals surface area (Å²) in [6, 6.07) is 0.217. The summed E-state index contributed by atoms with van der Waals surface area (Å²) in [7, 11) is 0. The minimum Gasteiger partial charge on any atom is -0.396 e. The van der Waals surface area contributed by atoms with Crippen molar-refractivity contribution >= 4 is 35.8 Å². The number of carbonyl (C=O) groups excluding carboxylic acids is 1. The Labute approximate surface area is 171 Å². The zero-order valence-corrected chi connectivity index (χ0v) is 18.9. The molecule has 150 valence electrons. The molecular weight excluding hydrogens is 431 g/mol. The topological polar surface area (TPSA) is 85.8 Å². The number of aliphatic hydroxyl groups is 1. The number of hydrogen-bond acceptors (Lipinski definition) is 3. The van der Waals surface area contributed by atoms with Gasteiger partial charge in [-0.05, 0) is 44.9 Å². The summed E-state index contributed by atoms with van der Waals surface area (Å²) in [5.41, 5.74) is 0. The van der Waals surface area contributed by atoms with E-state index >= 15 is 0 Å². The van der Waals surface area contributed by atoms with Crippen molar-refractivity contribution in [3.05, 3.63) is 0 Å². The van der Waals surface area contributed by atoms with E-state index in [9.17, 15) is 9.90 Å². The number of aliphatic imine (C=N–C) groups is 1. The Balaban J connectivity index is 0. The standard InChI is InChI=1S/C18H38N4O2.HI/c1-6-15(5)22-17(24)8-10-20-18(19-7-2)21-13-16(9-11-23)12-14(3)4;/h14-16,23H,6-13H2,1-5H3,(H,22,24)(H2,19,20,21);1H. The number of nitrogens with zero attached hydrogens (tertiary/aromatic N) is 1. The van der Waals surface area contributed by atoms with Gasteiger partial charge in [-0.3, -0.25) is 9.79 Å². The lowest BCUT2D eigenvalue weighted by Gasteiger charge is -2.17. The second-order valence-corrected chi connectivity index (χ2v) is 6.78. The third-order valence-corrected chi connectivity index (χ3v) is 3.86. The van der Waals surface area contributed by atoms with Crippen LogP contribution in [0.1, 0.15) is 60.3 Å². The van der Waals surface area contributed by atoms with E-state index in [1.54, 1.807) is 0 Å². The Morgan fingerprint density at radius 2 is 1.84 bits per heavy atom. The summed E-state index contributed by atoms with van der Waals surface area (Å²) in [6.07, 6.45) is 3.20. The van der Waals surface area contributed by atoms with Gasteiger partial charge in [0, 0.05) is 38.7 Å². The lowest BCUT2D eigenvalue weighted by Crippen LogP contribution is -2.40. The van der Waals surface area contributed by atoms with Crippen LogP contribution in [0.3, 0.4) is 0 Å². The number of carbonyl (C=O) groups is 1. The van der Waals surface area contributed by atoms with Crippen LogP contribution in [0.4, 0.5) is 0 Å². The number of halogens is 1. The quantitative estimate of drug-likeness (QED) is 0.201. The van der Waals surface area contributed by atoms with Gasteiger partial charge in [0.05, 0.1) is 0 Å². The average molecular weight is 470 g/mol. The predicted molar refractivity (Wildman–Crippen MR) is 117 cm³/mol. The minimum absolute atomic E-state index is 0. The summed E-state index contributed by atoms with van der Waals surface area (Å²) < 4.78 is 0. The second-order valence-electron chi connectivity index (χ2n) is 6.78. The first kappa shape index (κ1) is 26.7. The molecule has 4 N–H and O–H groups in total. The molecule has 0 bridgehead atoms. The van der Waals surface area contributed by atoms with Crippen LogP contribution in [0.15, 0.2) is 4.99 Å². The zero-order valence-electron chi connectivity index (χ0n) is 16.6. The third-order valence-electron chi connectivity index (χ3n) is 3.86. The van der Waals surface area contributed by atoms with Crippen molar-refractivity contribution in [2.24, 2.45) is 16.8 Å². The highest BCUT2D eigenvalue weighted by atomic mass is 127. The molecule has 0 aliphatic rings. The normalized spacial score (nSPS) is 13.8. The maximum absolute atomic E-state index is 11.8. The molecule has 0 saturated heterocycles. The number of guanidine groups is 1. The molecule has 7 heteroatoms. The summed E-state index contributed by atoms with van der Waals surface area (Å²) in [6.45, 7) is 12.7. The molecule has 0 aromatic carbocycles. The van der Waals surface area contributed by atoms with Crippen molar-refractivity contribution in [2.75, 3.05) is 26.2 Å². The van der Waals surface area contributed by atoms with Gasteiger partial charge in [-0.15, -0.1) is 24.0 Å². The Bertz CT molecular complexity index is 365. The van der Waals surface area contributed by atoms with Gasteiger partial charge in [-0.2, -0.15) is 0 Å². The highest BCUT2D eigenvalue weighted by molar-refractivity contribution is 14.0. The van der Waals surface area contributed by atoms with E-state index in [1.807, 2.05) is 13.8 Å². The summed E-state index contributed by atoms with van der Waals surface area (Å²) in [5, 5.41) is 18.6. The van der Waals surface area contributed by atoms with Crippen molar-refractivity contribution in [3.8, 4) is 0 Å². The van der Waals surface area contributed by atoms with Crippen LogP contribution < -0.4 is 16.0 Å². The maximum atomic E-state index is 11.8. The first-order valence-corrected chi connectivity index (χ1v) is 9.35. The predicted octanol–water partition coefficient (Wildman–Crippen LogP) is 2.51. The summed E-state index contributed by atoms with van der Waals surface area (Å²) in [5.74, 6) is 1.78. The highest BCUT2D eigenvalue weighted by Crippen LogP contribution is 2.15. The molecule has 0 aliphatic carbocycles. The van der Waals surface area contributed by atoms with E-state index < -0.39 is 0 Å². The molecule has 1 amide bonds. The van der Waals surface area contributed by atoms with Crippen molar-refractivity contribution in [1.82, 2.24) is 16.0 Å². The number of amides is 1. The Kier molecular flexibility index (Phi) is 18.0. The molecular formula is C18H39IN4O2. The molecule has 0 aliphatic heterocycles. The van der Waals surface area contributed by atoms with E-state index in [0.29, 0.717) is 31.3 Å². The van der Waals surface area contributed by atoms with Crippen molar-refractivity contribution in [2.45, 2.75) is 66.3 Å². The van der Waals surface area contributed by atoms with E-state index in [0.717, 1.165) is 31.8 Å². The molecule has 0 radical (unpaired) electrons. The number of rotatable bonds is 12. The minimum atomic E-state index is 0. The van der Waals surface area contributed by atoms with E-state index in [1.165, 1.54) is 0 Å². The first-order valence-electron chi connectivity index (χ1n) is 9.35. The molecule has 2 unspecified atom stereocenters. The molecule has 0 spiro atoms. The van der Waals surface area contributed by atoms with Gasteiger partial charge < -0.3 is 21.1 Å². The van der Waals surface area contributed by atoms with Crippen LogP contribution in [0, 0.1) is 11.8 Å². The molecule has 0 aromatic heterocycles. The van der Waals surface area contributed by atoms with Gasteiger partial charge in [0.2, 0.25) is 5.91 Å². The lowest BCUT2D eigenvalue weighted by atomic mass is 9.94. The summed E-state index contributed by atoms with van der Waals surface area (Å²) >= 11 is 0. The molecule has 0 aromatic rings. The zero-order chi connectivity index (χ0) is 18.4. The SMILES string of the molecule is CCNC(=NCC(CCO)CC(C)C)NCCC(=O)NC(C)CC.I. The average Bonchev–Trinajstić information content (AvgIpc) is 2.51. The van der Waals surface area contributed by atoms with Crippen LogP contribution in [-0.4, -0.2) is 49.3 Å². The van der Waals surface area contributed by atoms with Crippen LogP contribution in [0.2, 0.25) is 0 Å². The molecule has 0 fully saturated rings. The fourth-order valence-corrected chi connectivity index (χ4v) is 2.44. The van der Waals surface area contributed by atoms with Gasteiger partial charge in [-0.25, -0.2) is 0 Å². The third kappa shape index (κ3) is 15.4. The lowest BCUT2D eigenvalue weighted by molar-refractivity contribution is -0.121. The molecule has 25 heavy (non-hydrogen) atoms. The number of aliphatic hydroxyl groups excluding tert-OH is 1. The smallest absolute Gasteiger partial charge is 0.221 e. The van der Waals surface area contributed by atoms with Gasteiger partial charge in [0.25, 0.3) is 0 Å². The maximum Gasteiger partial charge on any atom is 0.221 e. The number of nitrogens with one attached hydrogen (secondary N) is 3. The van der Waals surface area contributed by atoms with Gasteiger partial charge in [0.15, 0.2) is 5.96 Å². The molecule has 0 heterocycles. The van der Waals surface area contributed by atoms with Crippen LogP contribution in [0.5, 0.6) is 0 Å². The van der Waals surface area contributed by atoms with E-state index in [-0.39, 0.29) is 42.5 Å². The largest absolute Gasteiger partial charge is 0.396 e. The second kappa shape index (κ2) is 16.9. The monoisotopic (exact) mass is 470 g/mol. The first-order chi connectivity index (χ1) is 11.4. The molecule has 0 rings (SSSR count). The van der Waals surface area contributed by atoms with Crippen LogP contribution in [-0.2, 0) is 4.79 Å². The van der Waals surface area contributed by atoms with Crippen molar-refractivity contribution in [3.63, 3.8) is 0 Å². The van der Waals surface area contributed by atoms with Crippen molar-refractivity contribution in [1.29, 1.82) is 0 Å². The Morgan fingerprint density at radius 1 is 1.16 bits per heavy atom. The number of hydrogen-bond donors (Lipinski definition) is 4. The van der Waals surface area contributed by atoms with Crippen molar-refractivity contribution < 1.29 is 9.90 Å². The van der Waals surface area contributed by atoms with Crippen LogP contribution in [0.25, 0.3) is 0 Å². The van der Waals surface area contributed by atoms with Gasteiger partial charge in [-0.1, -0.05) is 20.8 Å². The molecule has 0 saturated carbocycles.